The number of alkyl carbamates (subject to hydrolysis) is 1. The van der Waals surface area contributed by atoms with Gasteiger partial charge in [-0.3, -0.25) is 4.79 Å². The van der Waals surface area contributed by atoms with Gasteiger partial charge in [-0.2, -0.15) is 0 Å². The van der Waals surface area contributed by atoms with Gasteiger partial charge in [0.25, 0.3) is 0 Å². The lowest BCUT2D eigenvalue weighted by Gasteiger charge is -2.20. The highest BCUT2D eigenvalue weighted by Crippen LogP contribution is 2.06. The summed E-state index contributed by atoms with van der Waals surface area (Å²) < 4.78 is 5.01. The maximum absolute atomic E-state index is 11.5. The number of carbonyl (C=O) groups excluding carboxylic acids is 2. The molecule has 2 amide bonds. The third kappa shape index (κ3) is 4.33. The van der Waals surface area contributed by atoms with Crippen molar-refractivity contribution in [2.24, 2.45) is 0 Å². The molecule has 0 aromatic heterocycles. The quantitative estimate of drug-likeness (QED) is 0.712. The minimum Gasteiger partial charge on any atom is -0.444 e. The van der Waals surface area contributed by atoms with E-state index in [0.29, 0.717) is 13.1 Å². The topological polar surface area (TPSA) is 58.6 Å². The third-order valence-corrected chi connectivity index (χ3v) is 1.95. The minimum atomic E-state index is -0.562. The first-order chi connectivity index (χ1) is 7.38. The lowest BCUT2D eigenvalue weighted by molar-refractivity contribution is -0.128. The largest absolute Gasteiger partial charge is 0.444 e. The van der Waals surface area contributed by atoms with Gasteiger partial charge in [0, 0.05) is 13.1 Å². The molecule has 0 fully saturated rings. The van der Waals surface area contributed by atoms with Crippen LogP contribution >= 0.6 is 0 Å². The highest BCUT2D eigenvalue weighted by atomic mass is 16.6. The number of nitrogens with zero attached hydrogens (tertiary/aromatic N) is 1. The van der Waals surface area contributed by atoms with Gasteiger partial charge in [0.1, 0.15) is 12.1 Å². The van der Waals surface area contributed by atoms with E-state index in [1.165, 1.54) is 0 Å². The molecule has 5 heteroatoms. The predicted octanol–water partition coefficient (Wildman–Crippen LogP) is 0.909. The van der Waals surface area contributed by atoms with Gasteiger partial charge in [0.2, 0.25) is 5.91 Å². The summed E-state index contributed by atoms with van der Waals surface area (Å²) in [5.41, 5.74) is -0.539. The highest BCUT2D eigenvalue weighted by molar-refractivity contribution is 5.82. The molecule has 0 atom stereocenters. The SMILES string of the molecule is CC(C)(C)OC(=O)NCC(=O)N1CC=CC1. The van der Waals surface area contributed by atoms with Crippen molar-refractivity contribution in [3.05, 3.63) is 12.2 Å². The minimum absolute atomic E-state index is 0.0173. The van der Waals surface area contributed by atoms with Crippen LogP contribution in [0.5, 0.6) is 0 Å². The van der Waals surface area contributed by atoms with Gasteiger partial charge in [-0.1, -0.05) is 12.2 Å². The fourth-order valence-corrected chi connectivity index (χ4v) is 1.26. The molecule has 0 saturated carbocycles. The zero-order chi connectivity index (χ0) is 12.2. The lowest BCUT2D eigenvalue weighted by atomic mass is 10.2. The fourth-order valence-electron chi connectivity index (χ4n) is 1.26. The average Bonchev–Trinajstić information content (AvgIpc) is 2.64. The van der Waals surface area contributed by atoms with Crippen molar-refractivity contribution in [2.75, 3.05) is 19.6 Å². The van der Waals surface area contributed by atoms with Gasteiger partial charge in [-0.25, -0.2) is 4.79 Å². The Balaban J connectivity index is 2.24. The molecule has 0 radical (unpaired) electrons. The molecule has 1 heterocycles. The summed E-state index contributed by atoms with van der Waals surface area (Å²) >= 11 is 0. The molecule has 0 aliphatic carbocycles. The molecule has 0 unspecified atom stereocenters. The summed E-state index contributed by atoms with van der Waals surface area (Å²) in [5, 5.41) is 2.44. The van der Waals surface area contributed by atoms with E-state index < -0.39 is 11.7 Å². The van der Waals surface area contributed by atoms with Crippen LogP contribution in [0.1, 0.15) is 20.8 Å². The maximum Gasteiger partial charge on any atom is 0.408 e. The highest BCUT2D eigenvalue weighted by Gasteiger charge is 2.18. The predicted molar refractivity (Wildman–Crippen MR) is 60.0 cm³/mol. The second-order valence-electron chi connectivity index (χ2n) is 4.63. The number of nitrogens with one attached hydrogen (secondary N) is 1. The molecule has 1 aliphatic rings. The zero-order valence-corrected chi connectivity index (χ0v) is 9.95. The van der Waals surface area contributed by atoms with Crippen LogP contribution in [0, 0.1) is 0 Å². The monoisotopic (exact) mass is 226 g/mol. The summed E-state index contributed by atoms with van der Waals surface area (Å²) in [5.74, 6) is -0.101. The van der Waals surface area contributed by atoms with Gasteiger partial charge < -0.3 is 15.0 Å². The molecule has 0 aromatic rings. The summed E-state index contributed by atoms with van der Waals surface area (Å²) in [7, 11) is 0. The van der Waals surface area contributed by atoms with Crippen molar-refractivity contribution in [3.8, 4) is 0 Å². The smallest absolute Gasteiger partial charge is 0.408 e. The fraction of sp³-hybridized carbons (Fsp3) is 0.636. The van der Waals surface area contributed by atoms with Crippen LogP contribution in [-0.2, 0) is 9.53 Å². The van der Waals surface area contributed by atoms with Gasteiger partial charge in [0.15, 0.2) is 0 Å². The van der Waals surface area contributed by atoms with Crippen molar-refractivity contribution in [1.29, 1.82) is 0 Å². The Labute approximate surface area is 95.4 Å². The van der Waals surface area contributed by atoms with Crippen molar-refractivity contribution in [1.82, 2.24) is 10.2 Å². The first-order valence-corrected chi connectivity index (χ1v) is 5.28. The zero-order valence-electron chi connectivity index (χ0n) is 9.95. The van der Waals surface area contributed by atoms with E-state index in [1.54, 1.807) is 25.7 Å². The number of carbonyl (C=O) groups is 2. The molecule has 0 aromatic carbocycles. The first kappa shape index (κ1) is 12.5. The van der Waals surface area contributed by atoms with Crippen LogP contribution in [0.2, 0.25) is 0 Å². The van der Waals surface area contributed by atoms with Crippen LogP contribution in [0.25, 0.3) is 0 Å². The van der Waals surface area contributed by atoms with Crippen LogP contribution in [0.4, 0.5) is 4.79 Å². The van der Waals surface area contributed by atoms with E-state index in [-0.39, 0.29) is 12.5 Å². The molecule has 0 bridgehead atoms. The number of ether oxygens (including phenoxy) is 1. The molecule has 5 nitrogen and oxygen atoms in total. The molecule has 16 heavy (non-hydrogen) atoms. The number of hydrogen-bond donors (Lipinski definition) is 1. The third-order valence-electron chi connectivity index (χ3n) is 1.95. The van der Waals surface area contributed by atoms with E-state index in [1.807, 2.05) is 12.2 Å². The van der Waals surface area contributed by atoms with E-state index in [4.69, 9.17) is 4.74 Å². The van der Waals surface area contributed by atoms with Crippen molar-refractivity contribution in [3.63, 3.8) is 0 Å². The van der Waals surface area contributed by atoms with Crippen molar-refractivity contribution >= 4 is 12.0 Å². The number of amides is 2. The lowest BCUT2D eigenvalue weighted by Crippen LogP contribution is -2.41. The molecule has 1 N–H and O–H groups in total. The first-order valence-electron chi connectivity index (χ1n) is 5.28. The second-order valence-corrected chi connectivity index (χ2v) is 4.63. The molecule has 1 aliphatic heterocycles. The van der Waals surface area contributed by atoms with E-state index >= 15 is 0 Å². The normalized spacial score (nSPS) is 15.1. The van der Waals surface area contributed by atoms with Gasteiger partial charge in [-0.15, -0.1) is 0 Å². The van der Waals surface area contributed by atoms with Crippen LogP contribution in [0.15, 0.2) is 12.2 Å². The van der Waals surface area contributed by atoms with Gasteiger partial charge in [0.05, 0.1) is 0 Å². The summed E-state index contributed by atoms with van der Waals surface area (Å²) in [4.78, 5) is 24.4. The van der Waals surface area contributed by atoms with Gasteiger partial charge >= 0.3 is 6.09 Å². The molecular weight excluding hydrogens is 208 g/mol. The van der Waals surface area contributed by atoms with Crippen molar-refractivity contribution < 1.29 is 14.3 Å². The Morgan fingerprint density at radius 3 is 2.38 bits per heavy atom. The van der Waals surface area contributed by atoms with E-state index in [2.05, 4.69) is 5.32 Å². The summed E-state index contributed by atoms with van der Waals surface area (Å²) in [6, 6.07) is 0. The van der Waals surface area contributed by atoms with E-state index in [9.17, 15) is 9.59 Å². The summed E-state index contributed by atoms with van der Waals surface area (Å²) in [6.07, 6.45) is 3.28. The Kier molecular flexibility index (Phi) is 3.93. The Hall–Kier alpha value is -1.52. The Morgan fingerprint density at radius 2 is 1.88 bits per heavy atom. The van der Waals surface area contributed by atoms with Crippen LogP contribution in [0.3, 0.4) is 0 Å². The average molecular weight is 226 g/mol. The molecule has 0 saturated heterocycles. The van der Waals surface area contributed by atoms with E-state index in [0.717, 1.165) is 0 Å². The van der Waals surface area contributed by atoms with Crippen LogP contribution in [-0.4, -0.2) is 42.1 Å². The van der Waals surface area contributed by atoms with Crippen molar-refractivity contribution in [2.45, 2.75) is 26.4 Å². The summed E-state index contributed by atoms with van der Waals surface area (Å²) in [6.45, 7) is 6.55. The molecule has 0 spiro atoms. The molecule has 90 valence electrons. The number of hydrogen-bond acceptors (Lipinski definition) is 3. The maximum atomic E-state index is 11.5. The Morgan fingerprint density at radius 1 is 1.31 bits per heavy atom. The second kappa shape index (κ2) is 5.01. The Bertz CT molecular complexity index is 297. The molecular formula is C11H18N2O3. The standard InChI is InChI=1S/C11H18N2O3/c1-11(2,3)16-10(15)12-8-9(14)13-6-4-5-7-13/h4-5H,6-8H2,1-3H3,(H,12,15). The van der Waals surface area contributed by atoms with Crippen LogP contribution < -0.4 is 5.32 Å². The molecule has 1 rings (SSSR count). The number of rotatable bonds is 2. The van der Waals surface area contributed by atoms with Gasteiger partial charge in [-0.05, 0) is 20.8 Å².